The summed E-state index contributed by atoms with van der Waals surface area (Å²) in [5, 5.41) is 9.03. The fourth-order valence-electron chi connectivity index (χ4n) is 0.873. The van der Waals surface area contributed by atoms with Crippen LogP contribution < -0.4 is 0 Å². The van der Waals surface area contributed by atoms with Crippen molar-refractivity contribution in [3.63, 3.8) is 0 Å². The molecule has 2 nitrogen and oxygen atoms in total. The molecular weight excluding hydrogens is 202 g/mol. The lowest BCUT2D eigenvalue weighted by Gasteiger charge is -2.02. The van der Waals surface area contributed by atoms with Gasteiger partial charge in [0.15, 0.2) is 17.4 Å². The van der Waals surface area contributed by atoms with E-state index in [2.05, 4.69) is 0 Å². The van der Waals surface area contributed by atoms with E-state index in [1.54, 1.807) is 0 Å². The molecule has 1 rings (SSSR count). The Morgan fingerprint density at radius 1 is 1.46 bits per heavy atom. The number of aromatic hydroxyl groups is 1. The van der Waals surface area contributed by atoms with E-state index in [0.717, 1.165) is 12.1 Å². The molecule has 0 saturated heterocycles. The summed E-state index contributed by atoms with van der Waals surface area (Å²) in [7, 11) is 0. The highest BCUT2D eigenvalue weighted by atomic mass is 35.5. The zero-order valence-corrected chi connectivity index (χ0v) is 7.11. The standard InChI is InChI=1S/C8H5ClF2O2/c9-3-6(13)7-5(12)2-1-4(10)8(7)11/h1-2,12H,3H2. The molecule has 0 amide bonds. The first-order valence-corrected chi connectivity index (χ1v) is 3.87. The second-order valence-electron chi connectivity index (χ2n) is 2.31. The molecule has 0 fully saturated rings. The van der Waals surface area contributed by atoms with Crippen molar-refractivity contribution in [1.82, 2.24) is 0 Å². The van der Waals surface area contributed by atoms with Crippen molar-refractivity contribution in [2.24, 2.45) is 0 Å². The summed E-state index contributed by atoms with van der Waals surface area (Å²) in [6.07, 6.45) is 0. The molecule has 1 aromatic carbocycles. The summed E-state index contributed by atoms with van der Waals surface area (Å²) >= 11 is 5.13. The second-order valence-corrected chi connectivity index (χ2v) is 2.58. The van der Waals surface area contributed by atoms with Gasteiger partial charge >= 0.3 is 0 Å². The molecule has 0 heterocycles. The van der Waals surface area contributed by atoms with Gasteiger partial charge in [-0.25, -0.2) is 8.78 Å². The van der Waals surface area contributed by atoms with Crippen molar-refractivity contribution in [3.8, 4) is 5.75 Å². The van der Waals surface area contributed by atoms with Crippen molar-refractivity contribution < 1.29 is 18.7 Å². The van der Waals surface area contributed by atoms with Gasteiger partial charge in [0, 0.05) is 0 Å². The average Bonchev–Trinajstić information content (AvgIpc) is 2.12. The summed E-state index contributed by atoms with van der Waals surface area (Å²) in [4.78, 5) is 10.9. The molecule has 0 aliphatic carbocycles. The first-order valence-electron chi connectivity index (χ1n) is 3.34. The summed E-state index contributed by atoms with van der Waals surface area (Å²) in [5.74, 6) is -4.52. The molecular formula is C8H5ClF2O2. The Morgan fingerprint density at radius 2 is 2.08 bits per heavy atom. The molecule has 0 bridgehead atoms. The third-order valence-electron chi connectivity index (χ3n) is 1.47. The maximum absolute atomic E-state index is 12.9. The Morgan fingerprint density at radius 3 is 2.62 bits per heavy atom. The number of Topliss-reactive ketones (excluding diaryl/α,β-unsaturated/α-hetero) is 1. The highest BCUT2D eigenvalue weighted by Gasteiger charge is 2.18. The van der Waals surface area contributed by atoms with E-state index in [4.69, 9.17) is 16.7 Å². The van der Waals surface area contributed by atoms with Gasteiger partial charge in [-0.2, -0.15) is 0 Å². The molecule has 0 atom stereocenters. The number of carbonyl (C=O) groups is 1. The molecule has 0 aromatic heterocycles. The van der Waals surface area contributed by atoms with Gasteiger partial charge in [0.1, 0.15) is 5.75 Å². The van der Waals surface area contributed by atoms with Crippen LogP contribution in [-0.4, -0.2) is 16.8 Å². The first kappa shape index (κ1) is 9.92. The Bertz CT molecular complexity index is 352. The zero-order valence-electron chi connectivity index (χ0n) is 6.35. The minimum atomic E-state index is -1.37. The number of ketones is 1. The molecule has 0 spiro atoms. The normalized spacial score (nSPS) is 10.1. The number of halogens is 3. The van der Waals surface area contributed by atoms with Gasteiger partial charge in [0.05, 0.1) is 11.4 Å². The van der Waals surface area contributed by atoms with E-state index in [1.165, 1.54) is 0 Å². The van der Waals surface area contributed by atoms with Crippen molar-refractivity contribution in [2.75, 3.05) is 5.88 Å². The number of hydrogen-bond donors (Lipinski definition) is 1. The fourth-order valence-corrected chi connectivity index (χ4v) is 1.01. The highest BCUT2D eigenvalue weighted by molar-refractivity contribution is 6.30. The lowest BCUT2D eigenvalue weighted by molar-refractivity contribution is 0.101. The third-order valence-corrected chi connectivity index (χ3v) is 1.72. The quantitative estimate of drug-likeness (QED) is 0.594. The number of carbonyl (C=O) groups excluding carboxylic acids is 1. The van der Waals surface area contributed by atoms with E-state index in [9.17, 15) is 13.6 Å². The summed E-state index contributed by atoms with van der Waals surface area (Å²) in [6.45, 7) is 0. The fraction of sp³-hybridized carbons (Fsp3) is 0.125. The smallest absolute Gasteiger partial charge is 0.184 e. The summed E-state index contributed by atoms with van der Waals surface area (Å²) < 4.78 is 25.5. The summed E-state index contributed by atoms with van der Waals surface area (Å²) in [5.41, 5.74) is -0.699. The predicted molar refractivity (Wildman–Crippen MR) is 43.1 cm³/mol. The summed E-state index contributed by atoms with van der Waals surface area (Å²) in [6, 6.07) is 1.63. The Balaban J connectivity index is 3.33. The van der Waals surface area contributed by atoms with E-state index < -0.39 is 34.6 Å². The lowest BCUT2D eigenvalue weighted by atomic mass is 10.1. The predicted octanol–water partition coefficient (Wildman–Crippen LogP) is 2.09. The number of benzene rings is 1. The van der Waals surface area contributed by atoms with Gasteiger partial charge in [-0.3, -0.25) is 4.79 Å². The third kappa shape index (κ3) is 1.78. The van der Waals surface area contributed by atoms with E-state index in [1.807, 2.05) is 0 Å². The number of hydrogen-bond acceptors (Lipinski definition) is 2. The van der Waals surface area contributed by atoms with Gasteiger partial charge in [-0.15, -0.1) is 11.6 Å². The molecule has 13 heavy (non-hydrogen) atoms. The van der Waals surface area contributed by atoms with Crippen LogP contribution in [0.2, 0.25) is 0 Å². The Hall–Kier alpha value is -1.16. The van der Waals surface area contributed by atoms with Crippen molar-refractivity contribution in [2.45, 2.75) is 0 Å². The molecule has 0 unspecified atom stereocenters. The van der Waals surface area contributed by atoms with Crippen LogP contribution in [-0.2, 0) is 0 Å². The molecule has 1 N–H and O–H groups in total. The van der Waals surface area contributed by atoms with E-state index in [0.29, 0.717) is 0 Å². The van der Waals surface area contributed by atoms with Crippen LogP contribution in [0, 0.1) is 11.6 Å². The van der Waals surface area contributed by atoms with Crippen LogP contribution in [0.1, 0.15) is 10.4 Å². The second kappa shape index (κ2) is 3.70. The van der Waals surface area contributed by atoms with Crippen LogP contribution in [0.5, 0.6) is 5.75 Å². The zero-order chi connectivity index (χ0) is 10.0. The number of phenolic OH excluding ortho intramolecular Hbond substituents is 1. The molecule has 5 heteroatoms. The SMILES string of the molecule is O=C(CCl)c1c(O)ccc(F)c1F. The minimum absolute atomic E-state index is 0.506. The lowest BCUT2D eigenvalue weighted by Crippen LogP contribution is -2.05. The van der Waals surface area contributed by atoms with Gasteiger partial charge in [-0.05, 0) is 12.1 Å². The number of phenols is 1. The topological polar surface area (TPSA) is 37.3 Å². The van der Waals surface area contributed by atoms with Crippen molar-refractivity contribution in [3.05, 3.63) is 29.3 Å². The molecule has 70 valence electrons. The number of alkyl halides is 1. The van der Waals surface area contributed by atoms with Crippen LogP contribution >= 0.6 is 11.6 Å². The average molecular weight is 207 g/mol. The first-order chi connectivity index (χ1) is 6.07. The van der Waals surface area contributed by atoms with Crippen LogP contribution in [0.15, 0.2) is 12.1 Å². The maximum atomic E-state index is 12.9. The number of rotatable bonds is 2. The van der Waals surface area contributed by atoms with Gasteiger partial charge < -0.3 is 5.11 Å². The van der Waals surface area contributed by atoms with E-state index in [-0.39, 0.29) is 0 Å². The monoisotopic (exact) mass is 206 g/mol. The Kier molecular flexibility index (Phi) is 2.83. The molecule has 0 saturated carbocycles. The Labute approximate surface area is 77.8 Å². The van der Waals surface area contributed by atoms with Crippen molar-refractivity contribution >= 4 is 17.4 Å². The molecule has 0 radical (unpaired) electrons. The molecule has 0 aliphatic heterocycles. The van der Waals surface area contributed by atoms with Crippen molar-refractivity contribution in [1.29, 1.82) is 0 Å². The van der Waals surface area contributed by atoms with Crippen LogP contribution in [0.3, 0.4) is 0 Å². The largest absolute Gasteiger partial charge is 0.507 e. The van der Waals surface area contributed by atoms with Gasteiger partial charge in [0.2, 0.25) is 0 Å². The molecule has 0 aliphatic rings. The van der Waals surface area contributed by atoms with Crippen LogP contribution in [0.4, 0.5) is 8.78 Å². The minimum Gasteiger partial charge on any atom is -0.507 e. The maximum Gasteiger partial charge on any atom is 0.184 e. The highest BCUT2D eigenvalue weighted by Crippen LogP contribution is 2.23. The van der Waals surface area contributed by atoms with Gasteiger partial charge in [0.25, 0.3) is 0 Å². The van der Waals surface area contributed by atoms with E-state index >= 15 is 0 Å². The van der Waals surface area contributed by atoms with Crippen LogP contribution in [0.25, 0.3) is 0 Å². The molecule has 1 aromatic rings. The van der Waals surface area contributed by atoms with Gasteiger partial charge in [-0.1, -0.05) is 0 Å².